The molecule has 0 saturated carbocycles. The van der Waals surface area contributed by atoms with Crippen LogP contribution >= 0.6 is 11.3 Å². The molecule has 0 aromatic carbocycles. The van der Waals surface area contributed by atoms with E-state index in [9.17, 15) is 0 Å². The first kappa shape index (κ1) is 10.7. The smallest absolute Gasteiger partial charge is 0.00641 e. The largest absolute Gasteiger partial charge is 0.152 e. The minimum atomic E-state index is 1.34. The van der Waals surface area contributed by atoms with Gasteiger partial charge in [-0.3, -0.25) is 0 Å². The zero-order valence-electron chi connectivity index (χ0n) is 7.76. The molecule has 1 heterocycles. The van der Waals surface area contributed by atoms with Gasteiger partial charge in [-0.05, 0) is 29.3 Å². The molecule has 0 aliphatic heterocycles. The predicted molar refractivity (Wildman–Crippen MR) is 54.3 cm³/mol. The summed E-state index contributed by atoms with van der Waals surface area (Å²) in [5.41, 5.74) is 1.36. The summed E-state index contributed by atoms with van der Waals surface area (Å²) in [6.45, 7) is 6.52. The van der Waals surface area contributed by atoms with Gasteiger partial charge in [0.15, 0.2) is 0 Å². The first-order valence-corrected chi connectivity index (χ1v) is 5.24. The number of rotatable bonds is 2. The van der Waals surface area contributed by atoms with Gasteiger partial charge in [0, 0.05) is 0 Å². The molecule has 0 bridgehead atoms. The van der Waals surface area contributed by atoms with Gasteiger partial charge in [0.05, 0.1) is 0 Å². The first-order valence-electron chi connectivity index (χ1n) is 4.30. The van der Waals surface area contributed by atoms with E-state index in [0.717, 1.165) is 0 Å². The predicted octanol–water partition coefficient (Wildman–Crippen LogP) is 4.25. The summed E-state index contributed by atoms with van der Waals surface area (Å²) in [5, 5.41) is 4.20. The highest BCUT2D eigenvalue weighted by Gasteiger charge is 1.74. The average Bonchev–Trinajstić information content (AvgIpc) is 2.43. The van der Waals surface area contributed by atoms with Gasteiger partial charge in [-0.2, -0.15) is 11.3 Å². The maximum atomic E-state index is 2.21. The van der Waals surface area contributed by atoms with Crippen LogP contribution in [0.1, 0.15) is 38.7 Å². The Bertz CT molecular complexity index is 140. The van der Waals surface area contributed by atoms with E-state index in [1.807, 2.05) is 0 Å². The zero-order chi connectivity index (χ0) is 8.53. The highest BCUT2D eigenvalue weighted by Crippen LogP contribution is 2.01. The summed E-state index contributed by atoms with van der Waals surface area (Å²) in [7, 11) is 0. The molecule has 0 radical (unpaired) electrons. The number of aryl methyl sites for hydroxylation is 1. The normalized spacial score (nSPS) is 8.64. The standard InChI is InChI=1S/C5H6S.C5H12/c1-5-2-3-6-4-5;1-3-5-4-2/h2-4H,1H3;3-5H2,1-2H3. The van der Waals surface area contributed by atoms with Gasteiger partial charge < -0.3 is 0 Å². The van der Waals surface area contributed by atoms with Crippen molar-refractivity contribution in [1.29, 1.82) is 0 Å². The molecule has 11 heavy (non-hydrogen) atoms. The van der Waals surface area contributed by atoms with Gasteiger partial charge in [0.1, 0.15) is 0 Å². The molecule has 0 N–H and O–H groups in total. The fourth-order valence-electron chi connectivity index (χ4n) is 0.686. The van der Waals surface area contributed by atoms with Crippen molar-refractivity contribution in [3.63, 3.8) is 0 Å². The van der Waals surface area contributed by atoms with Crippen molar-refractivity contribution in [2.24, 2.45) is 0 Å². The van der Waals surface area contributed by atoms with Crippen molar-refractivity contribution in [3.05, 3.63) is 22.4 Å². The molecular weight excluding hydrogens is 152 g/mol. The fourth-order valence-corrected chi connectivity index (χ4v) is 1.35. The fraction of sp³-hybridized carbons (Fsp3) is 0.600. The van der Waals surface area contributed by atoms with E-state index < -0.39 is 0 Å². The van der Waals surface area contributed by atoms with Gasteiger partial charge in [-0.15, -0.1) is 0 Å². The lowest BCUT2D eigenvalue weighted by atomic mass is 10.3. The van der Waals surface area contributed by atoms with Gasteiger partial charge in [0.25, 0.3) is 0 Å². The molecule has 1 rings (SSSR count). The second kappa shape index (κ2) is 7.80. The highest BCUT2D eigenvalue weighted by molar-refractivity contribution is 7.07. The lowest BCUT2D eigenvalue weighted by molar-refractivity contribution is 0.772. The topological polar surface area (TPSA) is 0 Å². The van der Waals surface area contributed by atoms with Gasteiger partial charge >= 0.3 is 0 Å². The molecule has 0 aliphatic rings. The van der Waals surface area contributed by atoms with Crippen LogP contribution in [0.25, 0.3) is 0 Å². The van der Waals surface area contributed by atoms with Crippen LogP contribution < -0.4 is 0 Å². The SMILES string of the molecule is CCCCC.Cc1ccsc1. The van der Waals surface area contributed by atoms with E-state index in [1.165, 1.54) is 24.8 Å². The maximum absolute atomic E-state index is 2.21. The van der Waals surface area contributed by atoms with Crippen LogP contribution in [0.4, 0.5) is 0 Å². The second-order valence-electron chi connectivity index (χ2n) is 2.65. The molecule has 0 unspecified atom stereocenters. The van der Waals surface area contributed by atoms with Crippen molar-refractivity contribution < 1.29 is 0 Å². The van der Waals surface area contributed by atoms with Crippen LogP contribution in [0.2, 0.25) is 0 Å². The van der Waals surface area contributed by atoms with Crippen LogP contribution in [0, 0.1) is 6.92 Å². The minimum absolute atomic E-state index is 1.34. The summed E-state index contributed by atoms with van der Waals surface area (Å²) in [6.07, 6.45) is 4.08. The monoisotopic (exact) mass is 170 g/mol. The van der Waals surface area contributed by atoms with E-state index in [1.54, 1.807) is 11.3 Å². The van der Waals surface area contributed by atoms with Gasteiger partial charge in [-0.25, -0.2) is 0 Å². The third kappa shape index (κ3) is 7.60. The Balaban J connectivity index is 0.000000187. The molecule has 1 aromatic heterocycles. The third-order valence-corrected chi connectivity index (χ3v) is 2.17. The third-order valence-electron chi connectivity index (χ3n) is 1.37. The Morgan fingerprint density at radius 3 is 2.00 bits per heavy atom. The van der Waals surface area contributed by atoms with Crippen molar-refractivity contribution in [1.82, 2.24) is 0 Å². The van der Waals surface area contributed by atoms with Crippen LogP contribution in [-0.4, -0.2) is 0 Å². The summed E-state index contributed by atoms with van der Waals surface area (Å²) in [6, 6.07) is 2.10. The molecule has 0 nitrogen and oxygen atoms in total. The lowest BCUT2D eigenvalue weighted by Crippen LogP contribution is -1.59. The minimum Gasteiger partial charge on any atom is -0.152 e. The molecule has 0 saturated heterocycles. The van der Waals surface area contributed by atoms with Crippen molar-refractivity contribution in [3.8, 4) is 0 Å². The van der Waals surface area contributed by atoms with E-state index in [-0.39, 0.29) is 0 Å². The summed E-state index contributed by atoms with van der Waals surface area (Å²) in [5.74, 6) is 0. The van der Waals surface area contributed by atoms with Crippen molar-refractivity contribution in [2.75, 3.05) is 0 Å². The second-order valence-corrected chi connectivity index (χ2v) is 3.43. The highest BCUT2D eigenvalue weighted by atomic mass is 32.1. The van der Waals surface area contributed by atoms with E-state index in [0.29, 0.717) is 0 Å². The Kier molecular flexibility index (Phi) is 7.59. The first-order chi connectivity index (χ1) is 5.31. The van der Waals surface area contributed by atoms with Crippen LogP contribution in [0.3, 0.4) is 0 Å². The quantitative estimate of drug-likeness (QED) is 0.622. The molecule has 1 heteroatoms. The summed E-state index contributed by atoms with van der Waals surface area (Å²) < 4.78 is 0. The summed E-state index contributed by atoms with van der Waals surface area (Å²) in [4.78, 5) is 0. The lowest BCUT2D eigenvalue weighted by Gasteiger charge is -1.79. The van der Waals surface area contributed by atoms with E-state index in [2.05, 4.69) is 37.6 Å². The average molecular weight is 170 g/mol. The molecular formula is C10H18S. The number of unbranched alkanes of at least 4 members (excludes halogenated alkanes) is 2. The summed E-state index contributed by atoms with van der Waals surface area (Å²) >= 11 is 1.74. The van der Waals surface area contributed by atoms with Gasteiger partial charge in [0.2, 0.25) is 0 Å². The Morgan fingerprint density at radius 2 is 1.91 bits per heavy atom. The van der Waals surface area contributed by atoms with Gasteiger partial charge in [-0.1, -0.05) is 33.1 Å². The Morgan fingerprint density at radius 1 is 1.27 bits per heavy atom. The van der Waals surface area contributed by atoms with E-state index >= 15 is 0 Å². The molecule has 1 aromatic rings. The van der Waals surface area contributed by atoms with Crippen LogP contribution in [-0.2, 0) is 0 Å². The molecule has 0 aliphatic carbocycles. The molecule has 0 fully saturated rings. The molecule has 0 atom stereocenters. The Labute approximate surface area is 74.3 Å². The van der Waals surface area contributed by atoms with Crippen molar-refractivity contribution >= 4 is 11.3 Å². The molecule has 0 spiro atoms. The van der Waals surface area contributed by atoms with E-state index in [4.69, 9.17) is 0 Å². The maximum Gasteiger partial charge on any atom is -0.00641 e. The Hall–Kier alpha value is -0.300. The molecule has 0 amide bonds. The number of thiophene rings is 1. The number of hydrogen-bond donors (Lipinski definition) is 0. The van der Waals surface area contributed by atoms with Crippen LogP contribution in [0.15, 0.2) is 16.8 Å². The van der Waals surface area contributed by atoms with Crippen LogP contribution in [0.5, 0.6) is 0 Å². The number of hydrogen-bond acceptors (Lipinski definition) is 1. The van der Waals surface area contributed by atoms with Crippen molar-refractivity contribution in [2.45, 2.75) is 40.0 Å². The molecule has 64 valence electrons. The zero-order valence-corrected chi connectivity index (χ0v) is 8.58.